The van der Waals surface area contributed by atoms with Crippen molar-refractivity contribution in [3.8, 4) is 17.2 Å². The summed E-state index contributed by atoms with van der Waals surface area (Å²) in [6, 6.07) is 15.3. The first-order valence-electron chi connectivity index (χ1n) is 8.09. The minimum Gasteiger partial charge on any atom is -0.497 e. The first-order valence-corrected chi connectivity index (χ1v) is 8.09. The van der Waals surface area contributed by atoms with E-state index in [0.717, 1.165) is 11.2 Å². The molecule has 2 aromatic carbocycles. The number of para-hydroxylation sites is 1. The van der Waals surface area contributed by atoms with Crippen LogP contribution in [0.25, 0.3) is 0 Å². The number of hydrogen-bond acceptors (Lipinski definition) is 4. The molecule has 0 atom stereocenters. The van der Waals surface area contributed by atoms with Gasteiger partial charge in [0.05, 0.1) is 18.3 Å². The van der Waals surface area contributed by atoms with Crippen LogP contribution in [0.5, 0.6) is 17.2 Å². The lowest BCUT2D eigenvalue weighted by Gasteiger charge is -2.32. The SMILES string of the molecule is COc1cc(Oc2ccccc2)ccc1B1OC(C)(C)C(C)(C)O1. The summed E-state index contributed by atoms with van der Waals surface area (Å²) in [7, 11) is 1.17. The van der Waals surface area contributed by atoms with Gasteiger partial charge in [0.2, 0.25) is 0 Å². The Morgan fingerprint density at radius 2 is 1.46 bits per heavy atom. The summed E-state index contributed by atoms with van der Waals surface area (Å²) in [5.74, 6) is 2.17. The Morgan fingerprint density at radius 1 is 0.833 bits per heavy atom. The van der Waals surface area contributed by atoms with Crippen molar-refractivity contribution in [2.24, 2.45) is 0 Å². The van der Waals surface area contributed by atoms with Crippen LogP contribution in [-0.4, -0.2) is 25.4 Å². The molecule has 126 valence electrons. The van der Waals surface area contributed by atoms with Crippen LogP contribution in [0, 0.1) is 0 Å². The van der Waals surface area contributed by atoms with Crippen molar-refractivity contribution in [2.45, 2.75) is 38.9 Å². The molecule has 0 N–H and O–H groups in total. The molecule has 0 bridgehead atoms. The molecule has 0 aromatic heterocycles. The van der Waals surface area contributed by atoms with Gasteiger partial charge in [-0.2, -0.15) is 0 Å². The smallest absolute Gasteiger partial charge is 0.497 e. The van der Waals surface area contributed by atoms with Crippen molar-refractivity contribution < 1.29 is 18.8 Å². The molecule has 1 aliphatic rings. The Morgan fingerprint density at radius 3 is 2.04 bits per heavy atom. The molecule has 0 unspecified atom stereocenters. The van der Waals surface area contributed by atoms with Gasteiger partial charge in [0.25, 0.3) is 0 Å². The maximum atomic E-state index is 6.11. The number of ether oxygens (including phenoxy) is 2. The fourth-order valence-electron chi connectivity index (χ4n) is 2.54. The molecule has 0 amide bonds. The molecule has 1 fully saturated rings. The first-order chi connectivity index (χ1) is 11.3. The van der Waals surface area contributed by atoms with Gasteiger partial charge in [0.15, 0.2) is 0 Å². The van der Waals surface area contributed by atoms with E-state index >= 15 is 0 Å². The van der Waals surface area contributed by atoms with E-state index in [1.54, 1.807) is 7.11 Å². The number of rotatable bonds is 4. The Balaban J connectivity index is 1.86. The third-order valence-corrected chi connectivity index (χ3v) is 4.69. The summed E-state index contributed by atoms with van der Waals surface area (Å²) in [5.41, 5.74) is 0.0839. The predicted octanol–water partition coefficient (Wildman–Crippen LogP) is 3.79. The Kier molecular flexibility index (Phi) is 4.32. The van der Waals surface area contributed by atoms with Gasteiger partial charge in [-0.25, -0.2) is 0 Å². The van der Waals surface area contributed by atoms with Crippen LogP contribution in [0.15, 0.2) is 48.5 Å². The van der Waals surface area contributed by atoms with Crippen molar-refractivity contribution in [2.75, 3.05) is 7.11 Å². The summed E-state index contributed by atoms with van der Waals surface area (Å²) in [5, 5.41) is 0. The molecule has 0 aliphatic carbocycles. The topological polar surface area (TPSA) is 36.9 Å². The lowest BCUT2D eigenvalue weighted by Crippen LogP contribution is -2.41. The fourth-order valence-corrected chi connectivity index (χ4v) is 2.54. The third-order valence-electron chi connectivity index (χ3n) is 4.69. The van der Waals surface area contributed by atoms with Crippen molar-refractivity contribution >= 4 is 12.6 Å². The van der Waals surface area contributed by atoms with Crippen LogP contribution < -0.4 is 14.9 Å². The number of benzene rings is 2. The molecule has 0 radical (unpaired) electrons. The van der Waals surface area contributed by atoms with Gasteiger partial charge in [0.1, 0.15) is 17.2 Å². The van der Waals surface area contributed by atoms with Crippen LogP contribution >= 0.6 is 0 Å². The second-order valence-corrected chi connectivity index (χ2v) is 6.91. The van der Waals surface area contributed by atoms with Crippen LogP contribution in [0.3, 0.4) is 0 Å². The van der Waals surface area contributed by atoms with E-state index in [1.165, 1.54) is 0 Å². The van der Waals surface area contributed by atoms with Crippen molar-refractivity contribution in [3.63, 3.8) is 0 Å². The molecule has 1 aliphatic heterocycles. The monoisotopic (exact) mass is 326 g/mol. The van der Waals surface area contributed by atoms with Crippen LogP contribution in [0.2, 0.25) is 0 Å². The molecular weight excluding hydrogens is 303 g/mol. The molecule has 0 saturated carbocycles. The standard InChI is InChI=1S/C19H23BO4/c1-18(2)19(3,4)24-20(23-18)16-12-11-15(13-17(16)21-5)22-14-9-7-6-8-10-14/h6-13H,1-5H3. The van der Waals surface area contributed by atoms with Crippen LogP contribution in [0.4, 0.5) is 0 Å². The normalized spacial score (nSPS) is 18.5. The molecule has 1 heterocycles. The second-order valence-electron chi connectivity index (χ2n) is 6.91. The van der Waals surface area contributed by atoms with Gasteiger partial charge in [-0.05, 0) is 45.9 Å². The fraction of sp³-hybridized carbons (Fsp3) is 0.368. The van der Waals surface area contributed by atoms with Crippen LogP contribution in [-0.2, 0) is 9.31 Å². The van der Waals surface area contributed by atoms with E-state index in [4.69, 9.17) is 18.8 Å². The van der Waals surface area contributed by atoms with E-state index in [0.29, 0.717) is 11.5 Å². The average Bonchev–Trinajstić information content (AvgIpc) is 2.76. The Bertz CT molecular complexity index is 697. The van der Waals surface area contributed by atoms with E-state index in [9.17, 15) is 0 Å². The van der Waals surface area contributed by atoms with E-state index in [2.05, 4.69) is 0 Å². The van der Waals surface area contributed by atoms with Gasteiger partial charge in [-0.3, -0.25) is 0 Å². The highest BCUT2D eigenvalue weighted by Gasteiger charge is 2.52. The predicted molar refractivity (Wildman–Crippen MR) is 95.2 cm³/mol. The molecule has 5 heteroatoms. The summed E-state index contributed by atoms with van der Waals surface area (Å²) >= 11 is 0. The highest BCUT2D eigenvalue weighted by molar-refractivity contribution is 6.63. The molecule has 3 rings (SSSR count). The quantitative estimate of drug-likeness (QED) is 0.801. The molecule has 1 saturated heterocycles. The van der Waals surface area contributed by atoms with E-state index < -0.39 is 7.12 Å². The minimum absolute atomic E-state index is 0.387. The maximum absolute atomic E-state index is 6.11. The molecule has 0 spiro atoms. The third kappa shape index (κ3) is 3.14. The minimum atomic E-state index is -0.462. The summed E-state index contributed by atoms with van der Waals surface area (Å²) in [6.07, 6.45) is 0. The van der Waals surface area contributed by atoms with Crippen LogP contribution in [0.1, 0.15) is 27.7 Å². The largest absolute Gasteiger partial charge is 0.498 e. The van der Waals surface area contributed by atoms with Gasteiger partial charge in [-0.1, -0.05) is 24.3 Å². The zero-order valence-electron chi connectivity index (χ0n) is 14.8. The van der Waals surface area contributed by atoms with Gasteiger partial charge >= 0.3 is 7.12 Å². The molecular formula is C19H23BO4. The molecule has 24 heavy (non-hydrogen) atoms. The van der Waals surface area contributed by atoms with Crippen molar-refractivity contribution in [3.05, 3.63) is 48.5 Å². The van der Waals surface area contributed by atoms with E-state index in [-0.39, 0.29) is 11.2 Å². The van der Waals surface area contributed by atoms with Gasteiger partial charge in [0, 0.05) is 11.5 Å². The van der Waals surface area contributed by atoms with Gasteiger partial charge < -0.3 is 18.8 Å². The average molecular weight is 326 g/mol. The Labute approximate surface area is 143 Å². The van der Waals surface area contributed by atoms with E-state index in [1.807, 2.05) is 76.2 Å². The summed E-state index contributed by atoms with van der Waals surface area (Å²) < 4.78 is 23.6. The van der Waals surface area contributed by atoms with Crippen molar-refractivity contribution in [1.82, 2.24) is 0 Å². The van der Waals surface area contributed by atoms with Gasteiger partial charge in [-0.15, -0.1) is 0 Å². The first kappa shape index (κ1) is 16.9. The second kappa shape index (κ2) is 6.15. The highest BCUT2D eigenvalue weighted by atomic mass is 16.7. The molecule has 4 nitrogen and oxygen atoms in total. The van der Waals surface area contributed by atoms with Crippen molar-refractivity contribution in [1.29, 1.82) is 0 Å². The zero-order chi connectivity index (χ0) is 17.4. The molecule has 2 aromatic rings. The Hall–Kier alpha value is -1.98. The lowest BCUT2D eigenvalue weighted by molar-refractivity contribution is 0.00578. The zero-order valence-corrected chi connectivity index (χ0v) is 14.8. The maximum Gasteiger partial charge on any atom is 0.498 e. The summed E-state index contributed by atoms with van der Waals surface area (Å²) in [6.45, 7) is 8.14. The number of methoxy groups -OCH3 is 1. The highest BCUT2D eigenvalue weighted by Crippen LogP contribution is 2.37. The lowest BCUT2D eigenvalue weighted by atomic mass is 9.78. The summed E-state index contributed by atoms with van der Waals surface area (Å²) in [4.78, 5) is 0. The number of hydrogen-bond donors (Lipinski definition) is 0.